The number of amides is 3. The fourth-order valence-corrected chi connectivity index (χ4v) is 3.18. The Kier molecular flexibility index (Phi) is 4.93. The largest absolute Gasteiger partial charge is 0.497 e. The third-order valence-corrected chi connectivity index (χ3v) is 4.87. The molecule has 0 radical (unpaired) electrons. The number of hydrogen-bond donors (Lipinski definition) is 2. The van der Waals surface area contributed by atoms with Crippen molar-refractivity contribution in [3.05, 3.63) is 83.4 Å². The lowest BCUT2D eigenvalue weighted by Crippen LogP contribution is -2.24. The molecular formula is C23H19N3O4. The Morgan fingerprint density at radius 3 is 2.00 bits per heavy atom. The number of rotatable bonds is 5. The number of nitrogens with one attached hydrogen (secondary N) is 2. The molecule has 0 saturated carbocycles. The highest BCUT2D eigenvalue weighted by Gasteiger charge is 2.33. The van der Waals surface area contributed by atoms with Crippen molar-refractivity contribution in [2.75, 3.05) is 24.8 Å². The van der Waals surface area contributed by atoms with Crippen LogP contribution in [0.15, 0.2) is 66.7 Å². The first-order valence-electron chi connectivity index (χ1n) is 9.25. The smallest absolute Gasteiger partial charge is 0.261 e. The van der Waals surface area contributed by atoms with Crippen LogP contribution in [0.3, 0.4) is 0 Å². The van der Waals surface area contributed by atoms with Crippen molar-refractivity contribution in [3.8, 4) is 5.75 Å². The van der Waals surface area contributed by atoms with Gasteiger partial charge >= 0.3 is 0 Å². The van der Waals surface area contributed by atoms with Gasteiger partial charge in [-0.3, -0.25) is 19.3 Å². The van der Waals surface area contributed by atoms with Gasteiger partial charge < -0.3 is 15.4 Å². The van der Waals surface area contributed by atoms with Gasteiger partial charge in [0.25, 0.3) is 17.7 Å². The minimum atomic E-state index is -0.404. The number of benzene rings is 3. The second-order valence-corrected chi connectivity index (χ2v) is 6.81. The maximum atomic E-state index is 12.6. The second kappa shape index (κ2) is 7.71. The van der Waals surface area contributed by atoms with Crippen LogP contribution in [0.5, 0.6) is 5.75 Å². The monoisotopic (exact) mass is 401 g/mol. The van der Waals surface area contributed by atoms with E-state index in [4.69, 9.17) is 4.74 Å². The predicted molar refractivity (Wildman–Crippen MR) is 114 cm³/mol. The number of fused-ring (bicyclic) bond motifs is 1. The summed E-state index contributed by atoms with van der Waals surface area (Å²) in [6.07, 6.45) is 0. The topological polar surface area (TPSA) is 87.7 Å². The Balaban J connectivity index is 1.44. The fraction of sp³-hybridized carbons (Fsp3) is 0.0870. The Labute approximate surface area is 173 Å². The van der Waals surface area contributed by atoms with Crippen molar-refractivity contribution in [2.45, 2.75) is 0 Å². The van der Waals surface area contributed by atoms with Crippen LogP contribution in [0.25, 0.3) is 0 Å². The van der Waals surface area contributed by atoms with Crippen molar-refractivity contribution >= 4 is 34.8 Å². The number of imide groups is 1. The maximum absolute atomic E-state index is 12.6. The first-order chi connectivity index (χ1) is 14.5. The van der Waals surface area contributed by atoms with Gasteiger partial charge in [0.05, 0.1) is 18.2 Å². The predicted octanol–water partition coefficient (Wildman–Crippen LogP) is 3.92. The van der Waals surface area contributed by atoms with E-state index in [0.29, 0.717) is 16.8 Å². The van der Waals surface area contributed by atoms with E-state index < -0.39 is 5.91 Å². The van der Waals surface area contributed by atoms with Crippen molar-refractivity contribution in [3.63, 3.8) is 0 Å². The molecule has 3 amide bonds. The van der Waals surface area contributed by atoms with Crippen molar-refractivity contribution < 1.29 is 19.1 Å². The van der Waals surface area contributed by atoms with Crippen LogP contribution in [-0.2, 0) is 0 Å². The van der Waals surface area contributed by atoms with Crippen molar-refractivity contribution in [1.29, 1.82) is 0 Å². The number of carbonyl (C=O) groups excluding carboxylic acids is 3. The van der Waals surface area contributed by atoms with E-state index in [2.05, 4.69) is 10.6 Å². The van der Waals surface area contributed by atoms with Gasteiger partial charge in [0.2, 0.25) is 0 Å². The summed E-state index contributed by atoms with van der Waals surface area (Å²) in [6.45, 7) is 0. The summed E-state index contributed by atoms with van der Waals surface area (Å²) in [6, 6.07) is 19.3. The molecule has 7 heteroatoms. The summed E-state index contributed by atoms with van der Waals surface area (Å²) >= 11 is 0. The highest BCUT2D eigenvalue weighted by atomic mass is 16.5. The first kappa shape index (κ1) is 19.2. The van der Waals surface area contributed by atoms with Gasteiger partial charge in [-0.1, -0.05) is 0 Å². The van der Waals surface area contributed by atoms with E-state index in [1.807, 2.05) is 36.4 Å². The van der Waals surface area contributed by atoms with Crippen LogP contribution in [0.2, 0.25) is 0 Å². The average molecular weight is 401 g/mol. The number of carbonyl (C=O) groups is 3. The van der Waals surface area contributed by atoms with E-state index in [0.717, 1.165) is 22.0 Å². The summed E-state index contributed by atoms with van der Waals surface area (Å²) in [5.41, 5.74) is 3.26. The normalized spacial score (nSPS) is 12.5. The Bertz CT molecular complexity index is 1140. The van der Waals surface area contributed by atoms with Crippen LogP contribution in [-0.4, -0.2) is 36.8 Å². The molecular weight excluding hydrogens is 382 g/mol. The van der Waals surface area contributed by atoms with Crippen LogP contribution < -0.4 is 15.4 Å². The zero-order valence-electron chi connectivity index (χ0n) is 16.4. The Morgan fingerprint density at radius 1 is 0.800 bits per heavy atom. The van der Waals surface area contributed by atoms with Crippen LogP contribution in [0.1, 0.15) is 31.1 Å². The molecule has 0 saturated heterocycles. The average Bonchev–Trinajstić information content (AvgIpc) is 2.99. The molecule has 0 unspecified atom stereocenters. The SMILES string of the molecule is COc1ccc(Nc2ccc(NC(=O)c3ccc4c(c3)C(=O)N(C)C4=O)cc2)cc1. The van der Waals surface area contributed by atoms with Gasteiger partial charge in [0.15, 0.2) is 0 Å². The minimum absolute atomic E-state index is 0.245. The molecule has 1 aliphatic heterocycles. The summed E-state index contributed by atoms with van der Waals surface area (Å²) in [5.74, 6) is -0.341. The molecule has 0 spiro atoms. The molecule has 7 nitrogen and oxygen atoms in total. The van der Waals surface area contributed by atoms with E-state index >= 15 is 0 Å². The molecule has 3 aromatic carbocycles. The molecule has 0 aliphatic carbocycles. The third kappa shape index (κ3) is 3.60. The lowest BCUT2D eigenvalue weighted by molar-refractivity contribution is 0.0693. The Hall–Kier alpha value is -4.13. The highest BCUT2D eigenvalue weighted by molar-refractivity contribution is 6.22. The van der Waals surface area contributed by atoms with E-state index in [1.54, 1.807) is 19.2 Å². The molecule has 0 fully saturated rings. The van der Waals surface area contributed by atoms with E-state index in [-0.39, 0.29) is 17.4 Å². The lowest BCUT2D eigenvalue weighted by Gasteiger charge is -2.10. The number of methoxy groups -OCH3 is 1. The summed E-state index contributed by atoms with van der Waals surface area (Å²) in [5, 5.41) is 6.07. The standard InChI is InChI=1S/C23H19N3O4/c1-26-22(28)19-12-3-14(13-20(19)23(26)29)21(27)25-17-6-4-15(5-7-17)24-16-8-10-18(30-2)11-9-16/h3-13,24H,1-2H3,(H,25,27). The molecule has 1 aliphatic rings. The van der Waals surface area contributed by atoms with Gasteiger partial charge in [0.1, 0.15) is 5.75 Å². The molecule has 2 N–H and O–H groups in total. The number of nitrogens with zero attached hydrogens (tertiary/aromatic N) is 1. The van der Waals surface area contributed by atoms with Crippen molar-refractivity contribution in [1.82, 2.24) is 4.90 Å². The summed E-state index contributed by atoms with van der Waals surface area (Å²) in [4.78, 5) is 37.7. The number of anilines is 3. The van der Waals surface area contributed by atoms with Crippen LogP contribution in [0.4, 0.5) is 17.1 Å². The summed E-state index contributed by atoms with van der Waals surface area (Å²) in [7, 11) is 3.04. The zero-order valence-corrected chi connectivity index (χ0v) is 16.4. The van der Waals surface area contributed by atoms with Gasteiger partial charge in [-0.2, -0.15) is 0 Å². The molecule has 0 aromatic heterocycles. The third-order valence-electron chi connectivity index (χ3n) is 4.87. The number of ether oxygens (including phenoxy) is 1. The maximum Gasteiger partial charge on any atom is 0.261 e. The van der Waals surface area contributed by atoms with Crippen LogP contribution >= 0.6 is 0 Å². The fourth-order valence-electron chi connectivity index (χ4n) is 3.18. The molecule has 1 heterocycles. The highest BCUT2D eigenvalue weighted by Crippen LogP contribution is 2.24. The van der Waals surface area contributed by atoms with E-state index in [9.17, 15) is 14.4 Å². The Morgan fingerprint density at radius 2 is 1.37 bits per heavy atom. The van der Waals surface area contributed by atoms with Crippen molar-refractivity contribution in [2.24, 2.45) is 0 Å². The molecule has 0 atom stereocenters. The van der Waals surface area contributed by atoms with Gasteiger partial charge in [-0.25, -0.2) is 0 Å². The second-order valence-electron chi connectivity index (χ2n) is 6.81. The lowest BCUT2D eigenvalue weighted by atomic mass is 10.1. The first-order valence-corrected chi connectivity index (χ1v) is 9.25. The minimum Gasteiger partial charge on any atom is -0.497 e. The van der Waals surface area contributed by atoms with Gasteiger partial charge in [-0.15, -0.1) is 0 Å². The number of hydrogen-bond acceptors (Lipinski definition) is 5. The molecule has 150 valence electrons. The molecule has 3 aromatic rings. The zero-order chi connectivity index (χ0) is 21.3. The molecule has 30 heavy (non-hydrogen) atoms. The molecule has 0 bridgehead atoms. The quantitative estimate of drug-likeness (QED) is 0.633. The van der Waals surface area contributed by atoms with Crippen LogP contribution in [0, 0.1) is 0 Å². The molecule has 4 rings (SSSR count). The van der Waals surface area contributed by atoms with E-state index in [1.165, 1.54) is 25.2 Å². The summed E-state index contributed by atoms with van der Waals surface area (Å²) < 4.78 is 5.14. The van der Waals surface area contributed by atoms with Gasteiger partial charge in [-0.05, 0) is 66.7 Å². The van der Waals surface area contributed by atoms with Gasteiger partial charge in [0, 0.05) is 29.7 Å².